The number of carbonyl (C=O) groups is 1. The van der Waals surface area contributed by atoms with Gasteiger partial charge >= 0.3 is 0 Å². The minimum Gasteiger partial charge on any atom is -0.338 e. The Bertz CT molecular complexity index is 615. The molecule has 1 heterocycles. The van der Waals surface area contributed by atoms with Crippen LogP contribution in [0.25, 0.3) is 0 Å². The van der Waals surface area contributed by atoms with Crippen LogP contribution in [0.2, 0.25) is 0 Å². The summed E-state index contributed by atoms with van der Waals surface area (Å²) in [7, 11) is -3.84. The Morgan fingerprint density at radius 1 is 1.47 bits per heavy atom. The number of amides is 1. The molecule has 0 bridgehead atoms. The summed E-state index contributed by atoms with van der Waals surface area (Å²) in [5.74, 6) is 0.332. The summed E-state index contributed by atoms with van der Waals surface area (Å²) in [6, 6.07) is 4.46. The molecule has 1 amide bonds. The molecule has 1 saturated heterocycles. The number of rotatable bonds is 2. The zero-order valence-electron chi connectivity index (χ0n) is 10.5. The number of carbonyl (C=O) groups excluding carboxylic acids is 1. The summed E-state index contributed by atoms with van der Waals surface area (Å²) in [5.41, 5.74) is 0.348. The van der Waals surface area contributed by atoms with E-state index in [1.165, 1.54) is 12.1 Å². The Labute approximate surface area is 121 Å². The molecule has 0 saturated carbocycles. The lowest BCUT2D eigenvalue weighted by atomic mass is 10.2. The number of nitrogens with zero attached hydrogens (tertiary/aromatic N) is 1. The lowest BCUT2D eigenvalue weighted by Gasteiger charge is -2.16. The summed E-state index contributed by atoms with van der Waals surface area (Å²) in [6.07, 6.45) is 0.977. The summed E-state index contributed by atoms with van der Waals surface area (Å²) in [5, 5.41) is 5.12. The van der Waals surface area contributed by atoms with E-state index >= 15 is 0 Å². The molecule has 2 N–H and O–H groups in total. The van der Waals surface area contributed by atoms with Crippen LogP contribution >= 0.6 is 15.9 Å². The maximum absolute atomic E-state index is 12.3. The van der Waals surface area contributed by atoms with Crippen LogP contribution in [-0.2, 0) is 10.0 Å². The number of primary sulfonamides is 1. The zero-order valence-corrected chi connectivity index (χ0v) is 12.9. The summed E-state index contributed by atoms with van der Waals surface area (Å²) in [4.78, 5) is 13.9. The fourth-order valence-electron chi connectivity index (χ4n) is 2.16. The minimum atomic E-state index is -3.84. The molecule has 1 aromatic carbocycles. The molecular weight excluding hydrogens is 332 g/mol. The molecule has 1 atom stereocenters. The quantitative estimate of drug-likeness (QED) is 0.882. The van der Waals surface area contributed by atoms with Crippen molar-refractivity contribution in [1.82, 2.24) is 4.90 Å². The Morgan fingerprint density at radius 2 is 2.16 bits per heavy atom. The number of likely N-dealkylation sites (tertiary alicyclic amines) is 1. The summed E-state index contributed by atoms with van der Waals surface area (Å²) in [6.45, 7) is 3.50. The number of sulfonamides is 1. The van der Waals surface area contributed by atoms with Crippen LogP contribution in [0.4, 0.5) is 0 Å². The predicted molar refractivity (Wildman–Crippen MR) is 75.2 cm³/mol. The van der Waals surface area contributed by atoms with Gasteiger partial charge in [0.05, 0.1) is 4.90 Å². The van der Waals surface area contributed by atoms with Gasteiger partial charge in [-0.3, -0.25) is 4.79 Å². The molecule has 7 heteroatoms. The molecule has 2 rings (SSSR count). The van der Waals surface area contributed by atoms with Crippen LogP contribution in [-0.4, -0.2) is 32.3 Å². The van der Waals surface area contributed by atoms with Crippen molar-refractivity contribution in [2.45, 2.75) is 18.2 Å². The van der Waals surface area contributed by atoms with Gasteiger partial charge in [-0.2, -0.15) is 0 Å². The standard InChI is InChI=1S/C12H15BrN2O3S/c1-8-4-5-15(7-8)12(16)9-2-3-10(13)11(6-9)19(14,17)18/h2-3,6,8H,4-5,7H2,1H3,(H2,14,17,18). The second-order valence-corrected chi connectivity index (χ2v) is 7.22. The molecule has 19 heavy (non-hydrogen) atoms. The minimum absolute atomic E-state index is 0.0643. The Hall–Kier alpha value is -0.920. The zero-order chi connectivity index (χ0) is 14.2. The molecule has 104 valence electrons. The van der Waals surface area contributed by atoms with E-state index in [4.69, 9.17) is 5.14 Å². The van der Waals surface area contributed by atoms with Gasteiger partial charge in [0.25, 0.3) is 5.91 Å². The van der Waals surface area contributed by atoms with Gasteiger partial charge in [-0.15, -0.1) is 0 Å². The number of halogens is 1. The normalized spacial score (nSPS) is 19.7. The van der Waals surface area contributed by atoms with E-state index in [0.717, 1.165) is 6.42 Å². The Balaban J connectivity index is 2.34. The van der Waals surface area contributed by atoms with E-state index in [9.17, 15) is 13.2 Å². The van der Waals surface area contributed by atoms with Crippen LogP contribution in [0.1, 0.15) is 23.7 Å². The second-order valence-electron chi connectivity index (χ2n) is 4.84. The average molecular weight is 347 g/mol. The van der Waals surface area contributed by atoms with Crippen LogP contribution < -0.4 is 5.14 Å². The lowest BCUT2D eigenvalue weighted by Crippen LogP contribution is -2.28. The first-order chi connectivity index (χ1) is 8.79. The Kier molecular flexibility index (Phi) is 3.98. The van der Waals surface area contributed by atoms with E-state index in [-0.39, 0.29) is 10.8 Å². The third-order valence-electron chi connectivity index (χ3n) is 3.20. The highest BCUT2D eigenvalue weighted by Gasteiger charge is 2.25. The molecule has 1 fully saturated rings. The van der Waals surface area contributed by atoms with Crippen molar-refractivity contribution in [3.05, 3.63) is 28.2 Å². The van der Waals surface area contributed by atoms with Gasteiger partial charge in [0.15, 0.2) is 0 Å². The van der Waals surface area contributed by atoms with Crippen molar-refractivity contribution in [2.24, 2.45) is 11.1 Å². The van der Waals surface area contributed by atoms with Gasteiger partial charge in [-0.05, 0) is 46.5 Å². The first-order valence-corrected chi connectivity index (χ1v) is 8.24. The topological polar surface area (TPSA) is 80.5 Å². The third kappa shape index (κ3) is 3.16. The van der Waals surface area contributed by atoms with Gasteiger partial charge in [0.2, 0.25) is 10.0 Å². The van der Waals surface area contributed by atoms with Crippen molar-refractivity contribution < 1.29 is 13.2 Å². The second kappa shape index (κ2) is 5.22. The van der Waals surface area contributed by atoms with Crippen LogP contribution in [0.15, 0.2) is 27.6 Å². The molecular formula is C12H15BrN2O3S. The molecule has 0 radical (unpaired) electrons. The Morgan fingerprint density at radius 3 is 2.68 bits per heavy atom. The fraction of sp³-hybridized carbons (Fsp3) is 0.417. The van der Waals surface area contributed by atoms with Gasteiger partial charge in [0, 0.05) is 23.1 Å². The first kappa shape index (κ1) is 14.5. The number of benzene rings is 1. The number of hydrogen-bond acceptors (Lipinski definition) is 3. The maximum atomic E-state index is 12.3. The van der Waals surface area contributed by atoms with Gasteiger partial charge in [-0.25, -0.2) is 13.6 Å². The fourth-order valence-corrected chi connectivity index (χ4v) is 3.71. The molecule has 1 unspecified atom stereocenters. The third-order valence-corrected chi connectivity index (χ3v) is 5.10. The van der Waals surface area contributed by atoms with Crippen molar-refractivity contribution in [3.8, 4) is 0 Å². The van der Waals surface area contributed by atoms with Gasteiger partial charge in [0.1, 0.15) is 0 Å². The highest BCUT2D eigenvalue weighted by atomic mass is 79.9. The molecule has 0 aromatic heterocycles. The number of hydrogen-bond donors (Lipinski definition) is 1. The van der Waals surface area contributed by atoms with Crippen molar-refractivity contribution in [1.29, 1.82) is 0 Å². The lowest BCUT2D eigenvalue weighted by molar-refractivity contribution is 0.0788. The molecule has 0 aliphatic carbocycles. The van der Waals surface area contributed by atoms with Crippen molar-refractivity contribution in [3.63, 3.8) is 0 Å². The molecule has 5 nitrogen and oxygen atoms in total. The molecule has 1 aromatic rings. The predicted octanol–water partition coefficient (Wildman–Crippen LogP) is 1.58. The van der Waals surface area contributed by atoms with E-state index < -0.39 is 10.0 Å². The monoisotopic (exact) mass is 346 g/mol. The van der Waals surface area contributed by atoms with E-state index in [1.54, 1.807) is 11.0 Å². The van der Waals surface area contributed by atoms with E-state index in [1.807, 2.05) is 0 Å². The average Bonchev–Trinajstić information content (AvgIpc) is 2.74. The number of nitrogens with two attached hydrogens (primary N) is 1. The van der Waals surface area contributed by atoms with Crippen LogP contribution in [0, 0.1) is 5.92 Å². The van der Waals surface area contributed by atoms with E-state index in [2.05, 4.69) is 22.9 Å². The summed E-state index contributed by atoms with van der Waals surface area (Å²) < 4.78 is 23.2. The van der Waals surface area contributed by atoms with E-state index in [0.29, 0.717) is 29.0 Å². The van der Waals surface area contributed by atoms with Crippen molar-refractivity contribution >= 4 is 31.9 Å². The summed E-state index contributed by atoms with van der Waals surface area (Å²) >= 11 is 3.12. The van der Waals surface area contributed by atoms with Crippen LogP contribution in [0.3, 0.4) is 0 Å². The molecule has 0 spiro atoms. The highest BCUT2D eigenvalue weighted by molar-refractivity contribution is 9.10. The largest absolute Gasteiger partial charge is 0.338 e. The molecule has 1 aliphatic heterocycles. The van der Waals surface area contributed by atoms with Crippen molar-refractivity contribution in [2.75, 3.05) is 13.1 Å². The smallest absolute Gasteiger partial charge is 0.253 e. The molecule has 1 aliphatic rings. The van der Waals surface area contributed by atoms with Gasteiger partial charge in [-0.1, -0.05) is 6.92 Å². The SMILES string of the molecule is CC1CCN(C(=O)c2ccc(Br)c(S(N)(=O)=O)c2)C1. The highest BCUT2D eigenvalue weighted by Crippen LogP contribution is 2.24. The first-order valence-electron chi connectivity index (χ1n) is 5.90. The van der Waals surface area contributed by atoms with Gasteiger partial charge < -0.3 is 4.90 Å². The maximum Gasteiger partial charge on any atom is 0.253 e. The van der Waals surface area contributed by atoms with Crippen LogP contribution in [0.5, 0.6) is 0 Å².